The molecule has 0 aliphatic rings. The van der Waals surface area contributed by atoms with Crippen LogP contribution in [0.3, 0.4) is 0 Å². The molecule has 0 saturated heterocycles. The Balaban J connectivity index is 2.30. The molecule has 3 N–H and O–H groups in total. The lowest BCUT2D eigenvalue weighted by atomic mass is 10.1. The minimum atomic E-state index is -0.354. The molecule has 0 spiro atoms. The summed E-state index contributed by atoms with van der Waals surface area (Å²) in [7, 11) is 1.47. The Kier molecular flexibility index (Phi) is 4.37. The normalized spacial score (nSPS) is 10.2. The molecular formula is C14H12Cl2N2O2. The van der Waals surface area contributed by atoms with E-state index < -0.39 is 0 Å². The topological polar surface area (TPSA) is 64.3 Å². The van der Waals surface area contributed by atoms with Gasteiger partial charge in [0.05, 0.1) is 24.0 Å². The number of ether oxygens (including phenoxy) is 1. The summed E-state index contributed by atoms with van der Waals surface area (Å²) in [4.78, 5) is 12.2. The van der Waals surface area contributed by atoms with Crippen molar-refractivity contribution in [3.63, 3.8) is 0 Å². The zero-order chi connectivity index (χ0) is 14.7. The first-order chi connectivity index (χ1) is 9.51. The fourth-order valence-corrected chi connectivity index (χ4v) is 2.01. The van der Waals surface area contributed by atoms with Crippen molar-refractivity contribution in [1.29, 1.82) is 0 Å². The molecule has 2 rings (SSSR count). The first kappa shape index (κ1) is 14.5. The second kappa shape index (κ2) is 6.03. The van der Waals surface area contributed by atoms with E-state index in [-0.39, 0.29) is 5.91 Å². The van der Waals surface area contributed by atoms with Crippen molar-refractivity contribution in [3.8, 4) is 5.75 Å². The predicted octanol–water partition coefficient (Wildman–Crippen LogP) is 3.84. The van der Waals surface area contributed by atoms with Gasteiger partial charge in [-0.1, -0.05) is 23.2 Å². The summed E-state index contributed by atoms with van der Waals surface area (Å²) >= 11 is 11.7. The van der Waals surface area contributed by atoms with Crippen LogP contribution in [0.1, 0.15) is 10.4 Å². The SMILES string of the molecule is COc1cc(Cl)ccc1C(=O)Nc1cc(Cl)ccc1N. The first-order valence-electron chi connectivity index (χ1n) is 5.71. The molecule has 0 heterocycles. The van der Waals surface area contributed by atoms with Crippen LogP contribution in [0.15, 0.2) is 36.4 Å². The van der Waals surface area contributed by atoms with Crippen LogP contribution in [-0.4, -0.2) is 13.0 Å². The monoisotopic (exact) mass is 310 g/mol. The molecule has 0 radical (unpaired) electrons. The Morgan fingerprint density at radius 3 is 2.50 bits per heavy atom. The standard InChI is InChI=1S/C14H12Cl2N2O2/c1-20-13-7-9(16)2-4-10(13)14(19)18-12-6-8(15)3-5-11(12)17/h2-7H,17H2,1H3,(H,18,19). The molecule has 6 heteroatoms. The van der Waals surface area contributed by atoms with Crippen LogP contribution in [0.25, 0.3) is 0 Å². The Labute approximate surface area is 126 Å². The number of nitrogens with one attached hydrogen (secondary N) is 1. The molecular weight excluding hydrogens is 299 g/mol. The third-order valence-electron chi connectivity index (χ3n) is 2.67. The highest BCUT2D eigenvalue weighted by molar-refractivity contribution is 6.31. The first-order valence-corrected chi connectivity index (χ1v) is 6.47. The lowest BCUT2D eigenvalue weighted by molar-refractivity contribution is 0.102. The van der Waals surface area contributed by atoms with E-state index in [0.717, 1.165) is 0 Å². The molecule has 0 aliphatic heterocycles. The van der Waals surface area contributed by atoms with Gasteiger partial charge in [0.1, 0.15) is 5.75 Å². The highest BCUT2D eigenvalue weighted by Gasteiger charge is 2.14. The lowest BCUT2D eigenvalue weighted by Crippen LogP contribution is -2.14. The number of carbonyl (C=O) groups is 1. The van der Waals surface area contributed by atoms with Gasteiger partial charge in [0, 0.05) is 10.0 Å². The molecule has 2 aromatic carbocycles. The number of hydrogen-bond acceptors (Lipinski definition) is 3. The lowest BCUT2D eigenvalue weighted by Gasteiger charge is -2.11. The van der Waals surface area contributed by atoms with Crippen LogP contribution < -0.4 is 15.8 Å². The molecule has 0 saturated carbocycles. The minimum Gasteiger partial charge on any atom is -0.496 e. The van der Waals surface area contributed by atoms with Gasteiger partial charge in [0.15, 0.2) is 0 Å². The second-order valence-electron chi connectivity index (χ2n) is 4.03. The van der Waals surface area contributed by atoms with E-state index in [1.165, 1.54) is 7.11 Å². The fourth-order valence-electron chi connectivity index (χ4n) is 1.68. The maximum atomic E-state index is 12.2. The molecule has 104 valence electrons. The van der Waals surface area contributed by atoms with Crippen LogP contribution in [0.4, 0.5) is 11.4 Å². The summed E-state index contributed by atoms with van der Waals surface area (Å²) in [5.74, 6) is 0.0306. The number of hydrogen-bond donors (Lipinski definition) is 2. The Morgan fingerprint density at radius 2 is 1.80 bits per heavy atom. The van der Waals surface area contributed by atoms with Gasteiger partial charge in [-0.05, 0) is 36.4 Å². The summed E-state index contributed by atoms with van der Waals surface area (Å²) in [6, 6.07) is 9.61. The van der Waals surface area contributed by atoms with E-state index in [0.29, 0.717) is 32.7 Å². The molecule has 0 unspecified atom stereocenters. The predicted molar refractivity (Wildman–Crippen MR) is 81.8 cm³/mol. The van der Waals surface area contributed by atoms with Gasteiger partial charge in [-0.15, -0.1) is 0 Å². The van der Waals surface area contributed by atoms with E-state index in [4.69, 9.17) is 33.7 Å². The maximum absolute atomic E-state index is 12.2. The summed E-state index contributed by atoms with van der Waals surface area (Å²) in [5.41, 5.74) is 7.01. The molecule has 4 nitrogen and oxygen atoms in total. The van der Waals surface area contributed by atoms with E-state index in [1.807, 2.05) is 0 Å². The summed E-state index contributed by atoms with van der Waals surface area (Å²) in [5, 5.41) is 3.66. The van der Waals surface area contributed by atoms with E-state index >= 15 is 0 Å². The highest BCUT2D eigenvalue weighted by Crippen LogP contribution is 2.27. The molecule has 2 aromatic rings. The number of benzene rings is 2. The molecule has 0 aromatic heterocycles. The summed E-state index contributed by atoms with van der Waals surface area (Å²) in [6.07, 6.45) is 0. The van der Waals surface area contributed by atoms with E-state index in [9.17, 15) is 4.79 Å². The van der Waals surface area contributed by atoms with Crippen molar-refractivity contribution in [2.24, 2.45) is 0 Å². The van der Waals surface area contributed by atoms with Gasteiger partial charge >= 0.3 is 0 Å². The zero-order valence-corrected chi connectivity index (χ0v) is 12.1. The third kappa shape index (κ3) is 3.15. The van der Waals surface area contributed by atoms with Crippen LogP contribution in [0.2, 0.25) is 10.0 Å². The molecule has 1 amide bonds. The van der Waals surface area contributed by atoms with Crippen LogP contribution in [0.5, 0.6) is 5.75 Å². The molecule has 20 heavy (non-hydrogen) atoms. The molecule has 0 atom stereocenters. The van der Waals surface area contributed by atoms with Gasteiger partial charge < -0.3 is 15.8 Å². The van der Waals surface area contributed by atoms with Crippen molar-refractivity contribution in [1.82, 2.24) is 0 Å². The van der Waals surface area contributed by atoms with Gasteiger partial charge in [-0.25, -0.2) is 0 Å². The van der Waals surface area contributed by atoms with Crippen molar-refractivity contribution in [2.45, 2.75) is 0 Å². The van der Waals surface area contributed by atoms with Gasteiger partial charge in [-0.3, -0.25) is 4.79 Å². The Bertz CT molecular complexity index is 660. The maximum Gasteiger partial charge on any atom is 0.259 e. The van der Waals surface area contributed by atoms with Gasteiger partial charge in [0.25, 0.3) is 5.91 Å². The number of methoxy groups -OCH3 is 1. The van der Waals surface area contributed by atoms with Crippen molar-refractivity contribution < 1.29 is 9.53 Å². The summed E-state index contributed by atoms with van der Waals surface area (Å²) in [6.45, 7) is 0. The average molecular weight is 311 g/mol. The van der Waals surface area contributed by atoms with Crippen molar-refractivity contribution >= 4 is 40.5 Å². The second-order valence-corrected chi connectivity index (χ2v) is 4.90. The fraction of sp³-hybridized carbons (Fsp3) is 0.0714. The largest absolute Gasteiger partial charge is 0.496 e. The Morgan fingerprint density at radius 1 is 1.15 bits per heavy atom. The number of amides is 1. The average Bonchev–Trinajstić information content (AvgIpc) is 2.42. The third-order valence-corrected chi connectivity index (χ3v) is 3.14. The number of anilines is 2. The van der Waals surface area contributed by atoms with E-state index in [1.54, 1.807) is 36.4 Å². The molecule has 0 aliphatic carbocycles. The number of nitrogens with two attached hydrogens (primary N) is 1. The zero-order valence-electron chi connectivity index (χ0n) is 10.6. The molecule has 0 bridgehead atoms. The van der Waals surface area contributed by atoms with Gasteiger partial charge in [-0.2, -0.15) is 0 Å². The molecule has 0 fully saturated rings. The minimum absolute atomic E-state index is 0.354. The highest BCUT2D eigenvalue weighted by atomic mass is 35.5. The van der Waals surface area contributed by atoms with Crippen LogP contribution >= 0.6 is 23.2 Å². The number of halogens is 2. The van der Waals surface area contributed by atoms with E-state index in [2.05, 4.69) is 5.32 Å². The van der Waals surface area contributed by atoms with Crippen LogP contribution in [-0.2, 0) is 0 Å². The number of nitrogen functional groups attached to an aromatic ring is 1. The quantitative estimate of drug-likeness (QED) is 0.847. The Hall–Kier alpha value is -1.91. The number of rotatable bonds is 3. The van der Waals surface area contributed by atoms with Crippen molar-refractivity contribution in [2.75, 3.05) is 18.2 Å². The van der Waals surface area contributed by atoms with Crippen molar-refractivity contribution in [3.05, 3.63) is 52.0 Å². The van der Waals surface area contributed by atoms with Crippen LogP contribution in [0, 0.1) is 0 Å². The number of carbonyl (C=O) groups excluding carboxylic acids is 1. The summed E-state index contributed by atoms with van der Waals surface area (Å²) < 4.78 is 5.14. The smallest absolute Gasteiger partial charge is 0.259 e. The van der Waals surface area contributed by atoms with Gasteiger partial charge in [0.2, 0.25) is 0 Å².